The monoisotopic (exact) mass is 497 g/mol. The van der Waals surface area contributed by atoms with E-state index in [1.165, 1.54) is 19.3 Å². The van der Waals surface area contributed by atoms with Crippen molar-refractivity contribution in [1.29, 1.82) is 0 Å². The van der Waals surface area contributed by atoms with Gasteiger partial charge >= 0.3 is 0 Å². The summed E-state index contributed by atoms with van der Waals surface area (Å²) in [6, 6.07) is 12.2. The smallest absolute Gasteiger partial charge is 0.253 e. The van der Waals surface area contributed by atoms with Gasteiger partial charge in [0.1, 0.15) is 11.4 Å². The molecular weight excluding hydrogens is 469 g/mol. The molecule has 1 aliphatic carbocycles. The van der Waals surface area contributed by atoms with Gasteiger partial charge in [-0.1, -0.05) is 54.6 Å². The van der Waals surface area contributed by atoms with Crippen LogP contribution in [-0.4, -0.2) is 31.6 Å². The van der Waals surface area contributed by atoms with Crippen molar-refractivity contribution in [1.82, 2.24) is 4.90 Å². The normalized spacial score (nSPS) is 19.2. The van der Waals surface area contributed by atoms with Gasteiger partial charge < -0.3 is 15.1 Å². The second-order valence-corrected chi connectivity index (χ2v) is 10.6. The summed E-state index contributed by atoms with van der Waals surface area (Å²) in [5.74, 6) is 0.151. The van der Waals surface area contributed by atoms with Crippen molar-refractivity contribution in [2.24, 2.45) is 0 Å². The average Bonchev–Trinajstić information content (AvgIpc) is 2.84. The van der Waals surface area contributed by atoms with Crippen LogP contribution < -0.4 is 21.1 Å². The third kappa shape index (κ3) is 4.26. The van der Waals surface area contributed by atoms with Crippen LogP contribution in [0.3, 0.4) is 0 Å². The van der Waals surface area contributed by atoms with Gasteiger partial charge in [-0.3, -0.25) is 9.59 Å². The largest absolute Gasteiger partial charge is 0.367 e. The van der Waals surface area contributed by atoms with Gasteiger partial charge in [-0.15, -0.1) is 0 Å². The van der Waals surface area contributed by atoms with Crippen molar-refractivity contribution in [3.05, 3.63) is 83.6 Å². The predicted molar refractivity (Wildman–Crippen MR) is 141 cm³/mol. The molecule has 1 atom stereocenters. The molecule has 3 aromatic rings. The molecule has 178 valence electrons. The van der Waals surface area contributed by atoms with E-state index in [0.29, 0.717) is 27.5 Å². The fourth-order valence-corrected chi connectivity index (χ4v) is 6.13. The van der Waals surface area contributed by atoms with Gasteiger partial charge in [0.15, 0.2) is 0 Å². The Morgan fingerprint density at radius 1 is 1.00 bits per heavy atom. The average molecular weight is 498 g/mol. The Hall–Kier alpha value is -2.34. The number of hydrogen-bond donors (Lipinski definition) is 1. The summed E-state index contributed by atoms with van der Waals surface area (Å²) in [5, 5.41) is 4.57. The molecule has 34 heavy (non-hydrogen) atoms. The zero-order valence-electron chi connectivity index (χ0n) is 19.5. The molecule has 5 rings (SSSR count). The fraction of sp³-hybridized carbons (Fsp3) is 0.407. The Labute approximate surface area is 210 Å². The lowest BCUT2D eigenvalue weighted by Gasteiger charge is -2.34. The van der Waals surface area contributed by atoms with Crippen molar-refractivity contribution >= 4 is 40.3 Å². The van der Waals surface area contributed by atoms with E-state index in [1.54, 1.807) is 6.07 Å². The summed E-state index contributed by atoms with van der Waals surface area (Å²) in [6.45, 7) is 1.66. The van der Waals surface area contributed by atoms with Gasteiger partial charge in [0.05, 0.1) is 0 Å². The predicted octanol–water partition coefficient (Wildman–Crippen LogP) is 5.68. The van der Waals surface area contributed by atoms with Crippen LogP contribution in [0, 0.1) is 0 Å². The molecule has 1 N–H and O–H groups in total. The van der Waals surface area contributed by atoms with Gasteiger partial charge in [-0.05, 0) is 60.8 Å². The highest BCUT2D eigenvalue weighted by Gasteiger charge is 2.30. The summed E-state index contributed by atoms with van der Waals surface area (Å²) < 4.78 is 0. The maximum atomic E-state index is 12.4. The van der Waals surface area contributed by atoms with E-state index < -0.39 is 5.43 Å². The van der Waals surface area contributed by atoms with Gasteiger partial charge in [0, 0.05) is 47.8 Å². The summed E-state index contributed by atoms with van der Waals surface area (Å²) in [7, 11) is 4.03. The van der Waals surface area contributed by atoms with Crippen LogP contribution >= 0.6 is 23.2 Å². The Kier molecular flexibility index (Phi) is 6.45. The fourth-order valence-electron chi connectivity index (χ4n) is 5.56. The van der Waals surface area contributed by atoms with Crippen LogP contribution in [0.5, 0.6) is 0 Å². The number of benzene rings is 2. The second kappa shape index (κ2) is 9.37. The van der Waals surface area contributed by atoms with Crippen molar-refractivity contribution < 1.29 is 0 Å². The lowest BCUT2D eigenvalue weighted by molar-refractivity contribution is 0.295. The van der Waals surface area contributed by atoms with Gasteiger partial charge in [-0.25, -0.2) is 0 Å². The third-order valence-corrected chi connectivity index (χ3v) is 7.99. The topological polar surface area (TPSA) is 52.6 Å². The van der Waals surface area contributed by atoms with Crippen LogP contribution in [-0.2, 0) is 6.54 Å². The van der Waals surface area contributed by atoms with E-state index in [4.69, 9.17) is 23.2 Å². The molecule has 5 nitrogen and oxygen atoms in total. The van der Waals surface area contributed by atoms with E-state index in [2.05, 4.69) is 29.4 Å². The first-order valence-electron chi connectivity index (χ1n) is 11.9. The molecule has 1 saturated carbocycles. The van der Waals surface area contributed by atoms with Crippen molar-refractivity contribution in [2.45, 2.75) is 50.6 Å². The minimum absolute atomic E-state index is 0.151. The molecule has 0 spiro atoms. The first-order chi connectivity index (χ1) is 16.3. The van der Waals surface area contributed by atoms with Gasteiger partial charge in [0.2, 0.25) is 0 Å². The Balaban J connectivity index is 1.38. The van der Waals surface area contributed by atoms with E-state index in [0.717, 1.165) is 48.3 Å². The molecule has 2 aliphatic rings. The van der Waals surface area contributed by atoms with Crippen LogP contribution in [0.4, 0.5) is 17.1 Å². The first kappa shape index (κ1) is 23.4. The Morgan fingerprint density at radius 3 is 2.41 bits per heavy atom. The maximum absolute atomic E-state index is 12.4. The molecule has 1 aliphatic heterocycles. The molecule has 0 aromatic heterocycles. The number of fused-ring (bicyclic) bond motifs is 1. The molecular formula is C27H29Cl2N3O2. The Morgan fingerprint density at radius 2 is 1.71 bits per heavy atom. The minimum atomic E-state index is -0.436. The maximum Gasteiger partial charge on any atom is 0.253 e. The molecule has 0 radical (unpaired) electrons. The van der Waals surface area contributed by atoms with E-state index in [-0.39, 0.29) is 11.3 Å². The molecule has 1 heterocycles. The molecule has 0 saturated heterocycles. The molecule has 0 bridgehead atoms. The number of nitrogens with zero attached hydrogens (tertiary/aromatic N) is 2. The summed E-state index contributed by atoms with van der Waals surface area (Å²) in [4.78, 5) is 29.1. The van der Waals surface area contributed by atoms with Crippen LogP contribution in [0.25, 0.3) is 0 Å². The lowest BCUT2D eigenvalue weighted by Crippen LogP contribution is -2.45. The Bertz CT molecular complexity index is 1270. The molecule has 7 heteroatoms. The molecule has 0 amide bonds. The molecule has 1 unspecified atom stereocenters. The van der Waals surface area contributed by atoms with Gasteiger partial charge in [0.25, 0.3) is 10.9 Å². The highest BCUT2D eigenvalue weighted by molar-refractivity contribution is 6.35. The number of halogens is 2. The minimum Gasteiger partial charge on any atom is -0.367 e. The quantitative estimate of drug-likeness (QED) is 0.459. The number of rotatable bonds is 5. The van der Waals surface area contributed by atoms with E-state index in [1.807, 2.05) is 30.1 Å². The number of likely N-dealkylation sites (N-methyl/N-ethyl adjacent to an activating group) is 1. The van der Waals surface area contributed by atoms with Gasteiger partial charge in [-0.2, -0.15) is 0 Å². The number of anilines is 3. The molecule has 3 aromatic carbocycles. The summed E-state index contributed by atoms with van der Waals surface area (Å²) in [6.07, 6.45) is 5.71. The number of hydrogen-bond acceptors (Lipinski definition) is 5. The zero-order valence-corrected chi connectivity index (χ0v) is 21.0. The third-order valence-electron chi connectivity index (χ3n) is 7.44. The van der Waals surface area contributed by atoms with Crippen molar-refractivity contribution in [2.75, 3.05) is 30.9 Å². The van der Waals surface area contributed by atoms with E-state index in [9.17, 15) is 9.59 Å². The second-order valence-electron chi connectivity index (χ2n) is 9.74. The van der Waals surface area contributed by atoms with Crippen molar-refractivity contribution in [3.8, 4) is 0 Å². The first-order valence-corrected chi connectivity index (χ1v) is 12.7. The molecule has 1 fully saturated rings. The van der Waals surface area contributed by atoms with Crippen LogP contribution in [0.15, 0.2) is 46.0 Å². The van der Waals surface area contributed by atoms with Crippen LogP contribution in [0.2, 0.25) is 10.0 Å². The van der Waals surface area contributed by atoms with Crippen LogP contribution in [0.1, 0.15) is 54.7 Å². The summed E-state index contributed by atoms with van der Waals surface area (Å²) in [5.41, 5.74) is 4.34. The number of nitrogens with one attached hydrogen (secondary N) is 1. The highest BCUT2D eigenvalue weighted by Crippen LogP contribution is 2.39. The lowest BCUT2D eigenvalue weighted by atomic mass is 9.84. The standard InChI is InChI=1S/C27H29Cl2N3O2/c1-31-14-21(20-12-17(28)13-23(29)22(20)15-31)16-8-10-18(11-9-16)30-24-25(27(34)26(24)33)32(2)19-6-4-3-5-7-19/h8-13,19,21,30H,3-7,14-15H2,1-2H3. The highest BCUT2D eigenvalue weighted by atomic mass is 35.5. The van der Waals surface area contributed by atoms with Crippen molar-refractivity contribution in [3.63, 3.8) is 0 Å². The zero-order chi connectivity index (χ0) is 24.0. The van der Waals surface area contributed by atoms with E-state index >= 15 is 0 Å². The SMILES string of the molecule is CN1Cc2c(Cl)cc(Cl)cc2C(c2ccc(Nc3c(N(C)C4CCCCC4)c(=O)c3=O)cc2)C1. The summed E-state index contributed by atoms with van der Waals surface area (Å²) >= 11 is 12.8.